The number of alkyl halides is 6. The van der Waals surface area contributed by atoms with Crippen LogP contribution < -0.4 is 0 Å². The van der Waals surface area contributed by atoms with Crippen molar-refractivity contribution >= 4 is 0 Å². The number of hydrogen-bond acceptors (Lipinski definition) is 3. The van der Waals surface area contributed by atoms with Crippen molar-refractivity contribution in [3.05, 3.63) is 0 Å². The van der Waals surface area contributed by atoms with Crippen LogP contribution in [0.3, 0.4) is 0 Å². The zero-order chi connectivity index (χ0) is 11.6. The molecule has 10 heteroatoms. The molecule has 0 saturated heterocycles. The van der Waals surface area contributed by atoms with E-state index in [0.29, 0.717) is 0 Å². The summed E-state index contributed by atoms with van der Waals surface area (Å²) >= 11 is 0. The lowest BCUT2D eigenvalue weighted by Crippen LogP contribution is -2.48. The highest BCUT2D eigenvalue weighted by molar-refractivity contribution is 4.65. The first-order valence-electron chi connectivity index (χ1n) is 2.76. The standard InChI is InChI=1S/C4H3F7O3/c1-12-4(9,10)13-2(5,6)3(7,8)14-11/h1H3. The second-order valence-electron chi connectivity index (χ2n) is 1.88. The molecule has 0 atom stereocenters. The van der Waals surface area contributed by atoms with E-state index in [4.69, 9.17) is 0 Å². The van der Waals surface area contributed by atoms with Crippen molar-refractivity contribution in [1.82, 2.24) is 0 Å². The molecule has 0 rings (SSSR count). The Labute approximate surface area is 72.2 Å². The number of halogens is 7. The minimum absolute atomic E-state index is 0.213. The van der Waals surface area contributed by atoms with Gasteiger partial charge in [0, 0.05) is 7.11 Å². The molecule has 0 aromatic heterocycles. The van der Waals surface area contributed by atoms with Gasteiger partial charge in [-0.1, -0.05) is 0 Å². The third-order valence-corrected chi connectivity index (χ3v) is 0.920. The maximum Gasteiger partial charge on any atom is 0.490 e. The summed E-state index contributed by atoms with van der Waals surface area (Å²) in [5.74, 6) is 0. The van der Waals surface area contributed by atoms with Crippen LogP contribution in [0.5, 0.6) is 0 Å². The maximum absolute atomic E-state index is 12.0. The summed E-state index contributed by atoms with van der Waals surface area (Å²) in [6.45, 7) is 0. The second kappa shape index (κ2) is 3.87. The van der Waals surface area contributed by atoms with Crippen molar-refractivity contribution in [3.8, 4) is 0 Å². The molecule has 0 fully saturated rings. The molecule has 0 aromatic carbocycles. The average Bonchev–Trinajstić information content (AvgIpc) is 2.02. The van der Waals surface area contributed by atoms with Gasteiger partial charge in [-0.3, -0.25) is 4.74 Å². The van der Waals surface area contributed by atoms with Crippen LogP contribution >= 0.6 is 0 Å². The molecule has 0 aliphatic rings. The van der Waals surface area contributed by atoms with Gasteiger partial charge in [0.15, 0.2) is 0 Å². The van der Waals surface area contributed by atoms with Crippen molar-refractivity contribution in [2.24, 2.45) is 0 Å². The van der Waals surface area contributed by atoms with Crippen molar-refractivity contribution in [1.29, 1.82) is 0 Å². The van der Waals surface area contributed by atoms with Crippen LogP contribution in [-0.4, -0.2) is 25.6 Å². The molecule has 0 unspecified atom stereocenters. The van der Waals surface area contributed by atoms with Gasteiger partial charge in [-0.15, -0.1) is 13.7 Å². The lowest BCUT2D eigenvalue weighted by Gasteiger charge is -2.24. The van der Waals surface area contributed by atoms with Gasteiger partial charge in [0.25, 0.3) is 0 Å². The Morgan fingerprint density at radius 1 is 0.857 bits per heavy atom. The van der Waals surface area contributed by atoms with Crippen LogP contribution in [0.25, 0.3) is 0 Å². The Kier molecular flexibility index (Phi) is 3.70. The number of methoxy groups -OCH3 is 1. The van der Waals surface area contributed by atoms with Gasteiger partial charge in [-0.05, 0) is 4.53 Å². The molecule has 0 radical (unpaired) electrons. The molecule has 0 N–H and O–H groups in total. The Morgan fingerprint density at radius 2 is 1.29 bits per heavy atom. The number of rotatable bonds is 5. The molecule has 0 aromatic rings. The van der Waals surface area contributed by atoms with Crippen LogP contribution in [0, 0.1) is 0 Å². The molecule has 0 amide bonds. The molecule has 0 aliphatic heterocycles. The molecular weight excluding hydrogens is 229 g/mol. The van der Waals surface area contributed by atoms with Gasteiger partial charge in [0.1, 0.15) is 0 Å². The minimum atomic E-state index is -5.87. The monoisotopic (exact) mass is 232 g/mol. The summed E-state index contributed by atoms with van der Waals surface area (Å²) in [6.07, 6.45) is -16.7. The molecule has 3 nitrogen and oxygen atoms in total. The predicted octanol–water partition coefficient (Wildman–Crippen LogP) is 2.29. The van der Waals surface area contributed by atoms with E-state index in [0.717, 1.165) is 0 Å². The Morgan fingerprint density at radius 3 is 1.57 bits per heavy atom. The third kappa shape index (κ3) is 2.96. The molecule has 0 bridgehead atoms. The van der Waals surface area contributed by atoms with Crippen LogP contribution in [0.1, 0.15) is 0 Å². The first-order valence-corrected chi connectivity index (χ1v) is 2.76. The molecule has 0 saturated carbocycles. The lowest BCUT2D eigenvalue weighted by atomic mass is 10.6. The normalized spacial score (nSPS) is 14.6. The van der Waals surface area contributed by atoms with Gasteiger partial charge < -0.3 is 0 Å². The summed E-state index contributed by atoms with van der Waals surface area (Å²) in [6, 6.07) is 0. The average molecular weight is 232 g/mol. The summed E-state index contributed by atoms with van der Waals surface area (Å²) in [7, 11) is 0.213. The highest BCUT2D eigenvalue weighted by Gasteiger charge is 2.65. The minimum Gasteiger partial charge on any atom is -0.299 e. The first kappa shape index (κ1) is 13.4. The number of ether oxygens (including phenoxy) is 2. The fraction of sp³-hybridized carbons (Fsp3) is 1.00. The molecular formula is C4H3F7O3. The predicted molar refractivity (Wildman–Crippen MR) is 25.1 cm³/mol. The largest absolute Gasteiger partial charge is 0.490 e. The van der Waals surface area contributed by atoms with Gasteiger partial charge in [0.05, 0.1) is 0 Å². The van der Waals surface area contributed by atoms with E-state index in [1.165, 1.54) is 4.94 Å². The zero-order valence-electron chi connectivity index (χ0n) is 6.37. The summed E-state index contributed by atoms with van der Waals surface area (Å²) < 4.78 is 87.2. The first-order chi connectivity index (χ1) is 6.08. The Balaban J connectivity index is 4.64. The quantitative estimate of drug-likeness (QED) is 0.537. The van der Waals surface area contributed by atoms with Crippen LogP contribution in [-0.2, 0) is 14.4 Å². The maximum atomic E-state index is 12.0. The summed E-state index contributed by atoms with van der Waals surface area (Å²) in [4.78, 5) is 1.50. The van der Waals surface area contributed by atoms with Gasteiger partial charge in [-0.2, -0.15) is 17.6 Å². The van der Waals surface area contributed by atoms with Crippen molar-refractivity contribution < 1.29 is 45.3 Å². The van der Waals surface area contributed by atoms with Gasteiger partial charge in [0.2, 0.25) is 0 Å². The highest BCUT2D eigenvalue weighted by Crippen LogP contribution is 2.40. The molecule has 0 spiro atoms. The van der Waals surface area contributed by atoms with E-state index in [-0.39, 0.29) is 7.11 Å². The molecule has 86 valence electrons. The fourth-order valence-corrected chi connectivity index (χ4v) is 0.295. The van der Waals surface area contributed by atoms with Crippen molar-refractivity contribution in [2.45, 2.75) is 18.5 Å². The topological polar surface area (TPSA) is 27.7 Å². The van der Waals surface area contributed by atoms with Crippen LogP contribution in [0.15, 0.2) is 0 Å². The zero-order valence-corrected chi connectivity index (χ0v) is 6.37. The second-order valence-corrected chi connectivity index (χ2v) is 1.88. The van der Waals surface area contributed by atoms with Crippen LogP contribution in [0.4, 0.5) is 30.9 Å². The van der Waals surface area contributed by atoms with E-state index < -0.39 is 18.5 Å². The van der Waals surface area contributed by atoms with Gasteiger partial charge >= 0.3 is 18.5 Å². The Hall–Kier alpha value is -0.610. The highest BCUT2D eigenvalue weighted by atomic mass is 19.4. The van der Waals surface area contributed by atoms with E-state index in [1.807, 2.05) is 0 Å². The third-order valence-electron chi connectivity index (χ3n) is 0.920. The summed E-state index contributed by atoms with van der Waals surface area (Å²) in [5, 5.41) is 0. The van der Waals surface area contributed by atoms with E-state index >= 15 is 0 Å². The molecule has 14 heavy (non-hydrogen) atoms. The van der Waals surface area contributed by atoms with E-state index in [1.54, 1.807) is 0 Å². The van der Waals surface area contributed by atoms with Gasteiger partial charge in [-0.25, -0.2) is 4.74 Å². The van der Waals surface area contributed by atoms with Crippen molar-refractivity contribution in [3.63, 3.8) is 0 Å². The number of hydrogen-bond donors (Lipinski definition) is 0. The summed E-state index contributed by atoms with van der Waals surface area (Å²) in [5.41, 5.74) is 0. The van der Waals surface area contributed by atoms with Crippen LogP contribution in [0.2, 0.25) is 0 Å². The van der Waals surface area contributed by atoms with E-state index in [9.17, 15) is 30.9 Å². The van der Waals surface area contributed by atoms with E-state index in [2.05, 4.69) is 9.47 Å². The molecule has 0 aliphatic carbocycles. The lowest BCUT2D eigenvalue weighted by molar-refractivity contribution is -0.544. The fourth-order valence-electron chi connectivity index (χ4n) is 0.295. The SMILES string of the molecule is COC(F)(F)OC(F)(F)C(F)(F)OF. The molecule has 0 heterocycles. The smallest absolute Gasteiger partial charge is 0.299 e. The van der Waals surface area contributed by atoms with Crippen molar-refractivity contribution in [2.75, 3.05) is 7.11 Å². The Bertz CT molecular complexity index is 193.